The van der Waals surface area contributed by atoms with Crippen molar-refractivity contribution < 1.29 is 14.3 Å². The first-order valence-corrected chi connectivity index (χ1v) is 6.10. The van der Waals surface area contributed by atoms with Gasteiger partial charge in [-0.1, -0.05) is 11.6 Å². The molecule has 100 valence electrons. The lowest BCUT2D eigenvalue weighted by Gasteiger charge is -2.10. The second-order valence-electron chi connectivity index (χ2n) is 4.04. The van der Waals surface area contributed by atoms with Gasteiger partial charge < -0.3 is 14.0 Å². The summed E-state index contributed by atoms with van der Waals surface area (Å²) < 4.78 is 12.2. The first kappa shape index (κ1) is 13.5. The summed E-state index contributed by atoms with van der Waals surface area (Å²) in [6.07, 6.45) is 1.79. The molecule has 2 rings (SSSR count). The maximum atomic E-state index is 11.9. The first-order valence-electron chi connectivity index (χ1n) is 5.72. The van der Waals surface area contributed by atoms with Crippen LogP contribution in [0.4, 0.5) is 0 Å². The largest absolute Gasteiger partial charge is 0.496 e. The third-order valence-corrected chi connectivity index (χ3v) is 2.99. The number of aryl methyl sites for hydroxylation is 1. The van der Waals surface area contributed by atoms with Crippen LogP contribution in [0, 0.1) is 0 Å². The molecule has 0 amide bonds. The van der Waals surface area contributed by atoms with Crippen molar-refractivity contribution in [3.8, 4) is 5.75 Å². The van der Waals surface area contributed by atoms with Crippen LogP contribution in [0.5, 0.6) is 5.75 Å². The second kappa shape index (κ2) is 5.80. The third-order valence-electron chi connectivity index (χ3n) is 2.75. The van der Waals surface area contributed by atoms with Crippen LogP contribution in [0.1, 0.15) is 16.1 Å². The Labute approximate surface area is 116 Å². The maximum Gasteiger partial charge on any atom is 0.355 e. The van der Waals surface area contributed by atoms with Gasteiger partial charge in [-0.3, -0.25) is 0 Å². The Morgan fingerprint density at radius 2 is 2.16 bits per heavy atom. The van der Waals surface area contributed by atoms with Gasteiger partial charge in [0.2, 0.25) is 0 Å². The molecule has 0 aliphatic carbocycles. The van der Waals surface area contributed by atoms with Crippen molar-refractivity contribution in [1.82, 2.24) is 4.57 Å². The van der Waals surface area contributed by atoms with E-state index in [1.54, 1.807) is 55.3 Å². The quantitative estimate of drug-likeness (QED) is 0.808. The van der Waals surface area contributed by atoms with Crippen LogP contribution in [0.3, 0.4) is 0 Å². The molecule has 5 heteroatoms. The Bertz CT molecular complexity index is 592. The SMILES string of the molecule is COc1ccc(Cl)cc1COC(=O)c1cccn1C. The molecule has 0 radical (unpaired) electrons. The van der Waals surface area contributed by atoms with Gasteiger partial charge in [0.15, 0.2) is 0 Å². The Morgan fingerprint density at radius 1 is 1.37 bits per heavy atom. The molecular formula is C14H14ClNO3. The zero-order valence-corrected chi connectivity index (χ0v) is 11.5. The van der Waals surface area contributed by atoms with Gasteiger partial charge in [-0.2, -0.15) is 0 Å². The molecule has 1 heterocycles. The van der Waals surface area contributed by atoms with Crippen LogP contribution >= 0.6 is 11.6 Å². The first-order chi connectivity index (χ1) is 9.11. The number of hydrogen-bond donors (Lipinski definition) is 0. The highest BCUT2D eigenvalue weighted by atomic mass is 35.5. The summed E-state index contributed by atoms with van der Waals surface area (Å²) in [5.74, 6) is 0.263. The molecule has 0 saturated carbocycles. The maximum absolute atomic E-state index is 11.9. The lowest BCUT2D eigenvalue weighted by molar-refractivity contribution is 0.0459. The summed E-state index contributed by atoms with van der Waals surface area (Å²) in [5.41, 5.74) is 1.23. The topological polar surface area (TPSA) is 40.5 Å². The van der Waals surface area contributed by atoms with Crippen molar-refractivity contribution >= 4 is 17.6 Å². The van der Waals surface area contributed by atoms with Crippen molar-refractivity contribution in [3.05, 3.63) is 52.8 Å². The van der Waals surface area contributed by atoms with E-state index in [-0.39, 0.29) is 12.6 Å². The van der Waals surface area contributed by atoms with E-state index in [9.17, 15) is 4.79 Å². The molecule has 0 aliphatic heterocycles. The van der Waals surface area contributed by atoms with Crippen molar-refractivity contribution in [3.63, 3.8) is 0 Å². The van der Waals surface area contributed by atoms with Crippen molar-refractivity contribution in [1.29, 1.82) is 0 Å². The van der Waals surface area contributed by atoms with Gasteiger partial charge in [0, 0.05) is 23.8 Å². The average Bonchev–Trinajstić information content (AvgIpc) is 2.82. The van der Waals surface area contributed by atoms with E-state index in [4.69, 9.17) is 21.1 Å². The number of ether oxygens (including phenoxy) is 2. The summed E-state index contributed by atoms with van der Waals surface area (Å²) in [7, 11) is 3.35. The Kier molecular flexibility index (Phi) is 4.12. The number of esters is 1. The molecule has 0 spiro atoms. The van der Waals surface area contributed by atoms with Crippen LogP contribution in [0.25, 0.3) is 0 Å². The van der Waals surface area contributed by atoms with Gasteiger partial charge >= 0.3 is 5.97 Å². The van der Waals surface area contributed by atoms with Crippen LogP contribution < -0.4 is 4.74 Å². The molecule has 0 aliphatic rings. The molecule has 19 heavy (non-hydrogen) atoms. The normalized spacial score (nSPS) is 10.3. The fourth-order valence-electron chi connectivity index (χ4n) is 1.75. The standard InChI is InChI=1S/C14H14ClNO3/c1-16-7-3-4-12(16)14(17)19-9-10-8-11(15)5-6-13(10)18-2/h3-8H,9H2,1-2H3. The molecule has 1 aromatic carbocycles. The molecule has 1 aromatic heterocycles. The molecule has 0 N–H and O–H groups in total. The second-order valence-corrected chi connectivity index (χ2v) is 4.47. The van der Waals surface area contributed by atoms with Crippen LogP contribution in [0.2, 0.25) is 5.02 Å². The third kappa shape index (κ3) is 3.09. The number of halogens is 1. The number of benzene rings is 1. The number of carbonyl (C=O) groups excluding carboxylic acids is 1. The van der Waals surface area contributed by atoms with Gasteiger partial charge in [-0.15, -0.1) is 0 Å². The number of carbonyl (C=O) groups is 1. The van der Waals surface area contributed by atoms with E-state index in [0.29, 0.717) is 16.5 Å². The van der Waals surface area contributed by atoms with Crippen LogP contribution in [0.15, 0.2) is 36.5 Å². The number of rotatable bonds is 4. The lowest BCUT2D eigenvalue weighted by Crippen LogP contribution is -2.10. The highest BCUT2D eigenvalue weighted by Crippen LogP contribution is 2.23. The Balaban J connectivity index is 2.09. The van der Waals surface area contributed by atoms with E-state index < -0.39 is 0 Å². The molecule has 0 atom stereocenters. The molecule has 2 aromatic rings. The fraction of sp³-hybridized carbons (Fsp3) is 0.214. The average molecular weight is 280 g/mol. The smallest absolute Gasteiger partial charge is 0.355 e. The van der Waals surface area contributed by atoms with Crippen molar-refractivity contribution in [2.75, 3.05) is 7.11 Å². The summed E-state index contributed by atoms with van der Waals surface area (Å²) >= 11 is 5.91. The van der Waals surface area contributed by atoms with E-state index in [1.807, 2.05) is 0 Å². The zero-order valence-electron chi connectivity index (χ0n) is 10.7. The fourth-order valence-corrected chi connectivity index (χ4v) is 1.95. The molecule has 4 nitrogen and oxygen atoms in total. The highest BCUT2D eigenvalue weighted by Gasteiger charge is 2.12. The minimum absolute atomic E-state index is 0.119. The van der Waals surface area contributed by atoms with Gasteiger partial charge in [0.25, 0.3) is 0 Å². The molecular weight excluding hydrogens is 266 g/mol. The zero-order chi connectivity index (χ0) is 13.8. The van der Waals surface area contributed by atoms with Gasteiger partial charge in [-0.05, 0) is 30.3 Å². The minimum Gasteiger partial charge on any atom is -0.496 e. The van der Waals surface area contributed by atoms with Crippen molar-refractivity contribution in [2.24, 2.45) is 7.05 Å². The van der Waals surface area contributed by atoms with Gasteiger partial charge in [0.05, 0.1) is 7.11 Å². The van der Waals surface area contributed by atoms with E-state index in [1.165, 1.54) is 0 Å². The molecule has 0 bridgehead atoms. The molecule has 0 unspecified atom stereocenters. The monoisotopic (exact) mass is 279 g/mol. The van der Waals surface area contributed by atoms with E-state index in [2.05, 4.69) is 0 Å². The number of hydrogen-bond acceptors (Lipinski definition) is 3. The van der Waals surface area contributed by atoms with Gasteiger partial charge in [0.1, 0.15) is 18.1 Å². The summed E-state index contributed by atoms with van der Waals surface area (Å²) in [6, 6.07) is 8.68. The number of aromatic nitrogens is 1. The summed E-state index contributed by atoms with van der Waals surface area (Å²) in [4.78, 5) is 11.9. The van der Waals surface area contributed by atoms with E-state index >= 15 is 0 Å². The summed E-state index contributed by atoms with van der Waals surface area (Å²) in [5, 5.41) is 0.575. The predicted octanol–water partition coefficient (Wildman–Crippen LogP) is 3.04. The predicted molar refractivity (Wildman–Crippen MR) is 72.5 cm³/mol. The minimum atomic E-state index is -0.380. The molecule has 0 saturated heterocycles. The lowest BCUT2D eigenvalue weighted by atomic mass is 10.2. The molecule has 0 fully saturated rings. The van der Waals surface area contributed by atoms with Gasteiger partial charge in [-0.25, -0.2) is 4.79 Å². The van der Waals surface area contributed by atoms with Crippen LogP contribution in [-0.2, 0) is 18.4 Å². The van der Waals surface area contributed by atoms with Crippen molar-refractivity contribution in [2.45, 2.75) is 6.61 Å². The highest BCUT2D eigenvalue weighted by molar-refractivity contribution is 6.30. The Hall–Kier alpha value is -1.94. The summed E-state index contributed by atoms with van der Waals surface area (Å²) in [6.45, 7) is 0.119. The number of methoxy groups -OCH3 is 1. The van der Waals surface area contributed by atoms with E-state index in [0.717, 1.165) is 5.56 Å². The number of nitrogens with zero attached hydrogens (tertiary/aromatic N) is 1. The van der Waals surface area contributed by atoms with Crippen LogP contribution in [-0.4, -0.2) is 17.6 Å². The Morgan fingerprint density at radius 3 is 2.79 bits per heavy atom.